The Kier molecular flexibility index (Phi) is 3.39. The van der Waals surface area contributed by atoms with Crippen molar-refractivity contribution in [2.45, 2.75) is 19.9 Å². The lowest BCUT2D eigenvalue weighted by Gasteiger charge is -2.06. The summed E-state index contributed by atoms with van der Waals surface area (Å²) in [6, 6.07) is 7.30. The first-order valence-electron chi connectivity index (χ1n) is 5.53. The molecule has 0 radical (unpaired) electrons. The van der Waals surface area contributed by atoms with Crippen LogP contribution in [0.5, 0.6) is 5.75 Å². The second-order valence-electron chi connectivity index (χ2n) is 3.67. The molecule has 0 spiro atoms. The van der Waals surface area contributed by atoms with Gasteiger partial charge in [-0.1, -0.05) is 17.3 Å². The predicted molar refractivity (Wildman–Crippen MR) is 63.5 cm³/mol. The van der Waals surface area contributed by atoms with Crippen LogP contribution < -0.4 is 10.5 Å². The van der Waals surface area contributed by atoms with E-state index in [0.717, 1.165) is 11.3 Å². The van der Waals surface area contributed by atoms with E-state index in [1.165, 1.54) is 0 Å². The summed E-state index contributed by atoms with van der Waals surface area (Å²) >= 11 is 0. The minimum atomic E-state index is -0.268. The number of nitrogens with zero attached hydrogens (tertiary/aromatic N) is 2. The molecule has 90 valence electrons. The third-order valence-corrected chi connectivity index (χ3v) is 2.26. The zero-order valence-corrected chi connectivity index (χ0v) is 9.88. The van der Waals surface area contributed by atoms with Gasteiger partial charge in [-0.05, 0) is 26.0 Å². The summed E-state index contributed by atoms with van der Waals surface area (Å²) in [6.07, 6.45) is 0. The van der Waals surface area contributed by atoms with Gasteiger partial charge in [0.15, 0.2) is 0 Å². The summed E-state index contributed by atoms with van der Waals surface area (Å²) in [5.74, 6) is 1.67. The van der Waals surface area contributed by atoms with Gasteiger partial charge in [0.2, 0.25) is 11.7 Å². The van der Waals surface area contributed by atoms with Gasteiger partial charge in [-0.25, -0.2) is 0 Å². The molecule has 1 atom stereocenters. The Morgan fingerprint density at radius 3 is 2.82 bits per heavy atom. The highest BCUT2D eigenvalue weighted by molar-refractivity contribution is 5.63. The molecule has 2 N–H and O–H groups in total. The van der Waals surface area contributed by atoms with Crippen molar-refractivity contribution in [3.8, 4) is 17.1 Å². The van der Waals surface area contributed by atoms with Crippen LogP contribution in [0.15, 0.2) is 28.8 Å². The monoisotopic (exact) mass is 233 g/mol. The van der Waals surface area contributed by atoms with E-state index in [1.54, 1.807) is 6.92 Å². The molecule has 2 rings (SSSR count). The molecule has 0 saturated heterocycles. The summed E-state index contributed by atoms with van der Waals surface area (Å²) in [4.78, 5) is 4.24. The van der Waals surface area contributed by atoms with E-state index in [9.17, 15) is 0 Å². The fourth-order valence-electron chi connectivity index (χ4n) is 1.46. The summed E-state index contributed by atoms with van der Waals surface area (Å²) in [5.41, 5.74) is 6.48. The standard InChI is InChI=1S/C12H15N3O2/c1-3-16-10-7-5-4-6-9(10)11-14-12(8(2)13)17-15-11/h4-8H,3,13H2,1-2H3/t8-/m1/s1. The lowest BCUT2D eigenvalue weighted by atomic mass is 10.2. The molecule has 1 aromatic heterocycles. The summed E-state index contributed by atoms with van der Waals surface area (Å²) in [5, 5.41) is 3.90. The minimum absolute atomic E-state index is 0.268. The third-order valence-electron chi connectivity index (χ3n) is 2.26. The first kappa shape index (κ1) is 11.6. The van der Waals surface area contributed by atoms with E-state index in [2.05, 4.69) is 10.1 Å². The van der Waals surface area contributed by atoms with E-state index >= 15 is 0 Å². The predicted octanol–water partition coefficient (Wildman–Crippen LogP) is 2.15. The highest BCUT2D eigenvalue weighted by atomic mass is 16.5. The quantitative estimate of drug-likeness (QED) is 0.875. The fraction of sp³-hybridized carbons (Fsp3) is 0.333. The van der Waals surface area contributed by atoms with Crippen molar-refractivity contribution >= 4 is 0 Å². The maximum absolute atomic E-state index is 5.67. The first-order chi connectivity index (χ1) is 8.22. The Balaban J connectivity index is 2.38. The minimum Gasteiger partial charge on any atom is -0.493 e. The van der Waals surface area contributed by atoms with Crippen LogP contribution in [0.1, 0.15) is 25.8 Å². The van der Waals surface area contributed by atoms with Crippen LogP contribution in [0, 0.1) is 0 Å². The molecule has 5 heteroatoms. The smallest absolute Gasteiger partial charge is 0.243 e. The van der Waals surface area contributed by atoms with Gasteiger partial charge in [-0.2, -0.15) is 4.98 Å². The van der Waals surface area contributed by atoms with Crippen molar-refractivity contribution in [3.05, 3.63) is 30.2 Å². The zero-order valence-electron chi connectivity index (χ0n) is 9.88. The van der Waals surface area contributed by atoms with Crippen LogP contribution in [0.3, 0.4) is 0 Å². The van der Waals surface area contributed by atoms with Gasteiger partial charge in [-0.15, -0.1) is 0 Å². The molecule has 0 aliphatic rings. The number of hydrogen-bond acceptors (Lipinski definition) is 5. The maximum atomic E-state index is 5.67. The molecule has 0 unspecified atom stereocenters. The molecule has 0 saturated carbocycles. The molecular weight excluding hydrogens is 218 g/mol. The van der Waals surface area contributed by atoms with Crippen LogP contribution in [0.25, 0.3) is 11.4 Å². The van der Waals surface area contributed by atoms with Gasteiger partial charge in [0.1, 0.15) is 5.75 Å². The number of para-hydroxylation sites is 1. The van der Waals surface area contributed by atoms with Crippen molar-refractivity contribution in [2.24, 2.45) is 5.73 Å². The Morgan fingerprint density at radius 1 is 1.41 bits per heavy atom. The first-order valence-corrected chi connectivity index (χ1v) is 5.53. The summed E-state index contributed by atoms with van der Waals surface area (Å²) in [6.45, 7) is 4.32. The molecule has 1 heterocycles. The van der Waals surface area contributed by atoms with E-state index in [4.69, 9.17) is 15.0 Å². The second kappa shape index (κ2) is 4.97. The second-order valence-corrected chi connectivity index (χ2v) is 3.67. The van der Waals surface area contributed by atoms with Gasteiger partial charge in [0.25, 0.3) is 0 Å². The van der Waals surface area contributed by atoms with Crippen molar-refractivity contribution in [1.29, 1.82) is 0 Å². The summed E-state index contributed by atoms with van der Waals surface area (Å²) in [7, 11) is 0. The largest absolute Gasteiger partial charge is 0.493 e. The number of benzene rings is 1. The fourth-order valence-corrected chi connectivity index (χ4v) is 1.46. The van der Waals surface area contributed by atoms with Gasteiger partial charge < -0.3 is 15.0 Å². The molecule has 0 aliphatic carbocycles. The lowest BCUT2D eigenvalue weighted by Crippen LogP contribution is -2.04. The highest BCUT2D eigenvalue weighted by Gasteiger charge is 2.14. The van der Waals surface area contributed by atoms with Crippen LogP contribution in [0.4, 0.5) is 0 Å². The molecule has 1 aromatic carbocycles. The Hall–Kier alpha value is -1.88. The average Bonchev–Trinajstić information content (AvgIpc) is 2.79. The van der Waals surface area contributed by atoms with Gasteiger partial charge in [0, 0.05) is 0 Å². The van der Waals surface area contributed by atoms with Crippen molar-refractivity contribution in [1.82, 2.24) is 10.1 Å². The van der Waals surface area contributed by atoms with Gasteiger partial charge in [-0.3, -0.25) is 0 Å². The van der Waals surface area contributed by atoms with E-state index < -0.39 is 0 Å². The van der Waals surface area contributed by atoms with E-state index in [0.29, 0.717) is 18.3 Å². The molecule has 2 aromatic rings. The molecular formula is C12H15N3O2. The Labute approximate surface area is 99.6 Å². The maximum Gasteiger partial charge on any atom is 0.243 e. The highest BCUT2D eigenvalue weighted by Crippen LogP contribution is 2.27. The summed E-state index contributed by atoms with van der Waals surface area (Å²) < 4.78 is 10.6. The number of rotatable bonds is 4. The molecule has 0 aliphatic heterocycles. The Morgan fingerprint density at radius 2 is 2.18 bits per heavy atom. The topological polar surface area (TPSA) is 74.2 Å². The average molecular weight is 233 g/mol. The SMILES string of the molecule is CCOc1ccccc1-c1noc([C@@H](C)N)n1. The normalized spacial score (nSPS) is 12.4. The van der Waals surface area contributed by atoms with Gasteiger partial charge in [0.05, 0.1) is 18.2 Å². The van der Waals surface area contributed by atoms with E-state index in [1.807, 2.05) is 31.2 Å². The lowest BCUT2D eigenvalue weighted by molar-refractivity contribution is 0.340. The Bertz CT molecular complexity index is 494. The van der Waals surface area contributed by atoms with Crippen molar-refractivity contribution < 1.29 is 9.26 Å². The van der Waals surface area contributed by atoms with Gasteiger partial charge >= 0.3 is 0 Å². The molecule has 0 bridgehead atoms. The van der Waals surface area contributed by atoms with E-state index in [-0.39, 0.29) is 6.04 Å². The van der Waals surface area contributed by atoms with Crippen LogP contribution in [0.2, 0.25) is 0 Å². The number of aromatic nitrogens is 2. The third kappa shape index (κ3) is 2.45. The molecule has 0 amide bonds. The van der Waals surface area contributed by atoms with Crippen molar-refractivity contribution in [2.75, 3.05) is 6.61 Å². The van der Waals surface area contributed by atoms with Crippen LogP contribution >= 0.6 is 0 Å². The van der Waals surface area contributed by atoms with Crippen molar-refractivity contribution in [3.63, 3.8) is 0 Å². The number of ether oxygens (including phenoxy) is 1. The number of nitrogens with two attached hydrogens (primary N) is 1. The zero-order chi connectivity index (χ0) is 12.3. The van der Waals surface area contributed by atoms with Crippen LogP contribution in [-0.2, 0) is 0 Å². The number of hydrogen-bond donors (Lipinski definition) is 1. The molecule has 17 heavy (non-hydrogen) atoms. The molecule has 5 nitrogen and oxygen atoms in total. The molecule has 0 fully saturated rings. The van der Waals surface area contributed by atoms with Crippen LogP contribution in [-0.4, -0.2) is 16.7 Å².